The summed E-state index contributed by atoms with van der Waals surface area (Å²) in [6.07, 6.45) is 1.47. The van der Waals surface area contributed by atoms with E-state index in [2.05, 4.69) is 0 Å². The number of hydrogen-bond donors (Lipinski definition) is 4. The first-order chi connectivity index (χ1) is 6.71. The van der Waals surface area contributed by atoms with Gasteiger partial charge in [0.2, 0.25) is 0 Å². The van der Waals surface area contributed by atoms with E-state index in [1.807, 2.05) is 0 Å². The van der Waals surface area contributed by atoms with Crippen LogP contribution >= 0.6 is 7.59 Å². The lowest BCUT2D eigenvalue weighted by molar-refractivity contribution is 0.311. The van der Waals surface area contributed by atoms with Gasteiger partial charge in [0.15, 0.2) is 0 Å². The smallest absolute Gasteiger partial charge is 0.327 e. The van der Waals surface area contributed by atoms with Crippen molar-refractivity contribution < 1.29 is 17.5 Å². The molecule has 0 aromatic heterocycles. The molecule has 1 heterocycles. The standard InChI is InChI=1S/C5H15N4O4PS/c6-5-2-1-3-9(4-5)14(7,10)8-15(11,12)13/h5H,1-4,6H2,(H3,7,8,10)(H,11,12,13)/t5-,14?/m0/s1. The van der Waals surface area contributed by atoms with Crippen molar-refractivity contribution in [2.75, 3.05) is 13.1 Å². The summed E-state index contributed by atoms with van der Waals surface area (Å²) in [6.45, 7) is 0.639. The zero-order valence-electron chi connectivity index (χ0n) is 8.04. The average molecular weight is 258 g/mol. The fraction of sp³-hybridized carbons (Fsp3) is 1.00. The minimum atomic E-state index is -4.57. The zero-order valence-corrected chi connectivity index (χ0v) is 9.75. The van der Waals surface area contributed by atoms with Gasteiger partial charge in [-0.25, -0.2) is 4.67 Å². The molecule has 6 N–H and O–H groups in total. The lowest BCUT2D eigenvalue weighted by Crippen LogP contribution is -2.45. The number of hydrogen-bond acceptors (Lipinski definition) is 4. The molecule has 0 bridgehead atoms. The van der Waals surface area contributed by atoms with E-state index in [4.69, 9.17) is 15.8 Å². The Bertz CT molecular complexity index is 371. The summed E-state index contributed by atoms with van der Waals surface area (Å²) in [5.41, 5.74) is 10.9. The molecule has 8 nitrogen and oxygen atoms in total. The van der Waals surface area contributed by atoms with Crippen LogP contribution in [0.1, 0.15) is 12.8 Å². The summed E-state index contributed by atoms with van der Waals surface area (Å²) in [4.78, 5) is 0. The van der Waals surface area contributed by atoms with Crippen LogP contribution in [-0.4, -0.2) is 36.8 Å². The Labute approximate surface area is 88.4 Å². The first kappa shape index (κ1) is 13.0. The van der Waals surface area contributed by atoms with Gasteiger partial charge >= 0.3 is 10.3 Å². The van der Waals surface area contributed by atoms with Gasteiger partial charge in [-0.05, 0) is 12.8 Å². The van der Waals surface area contributed by atoms with E-state index in [-0.39, 0.29) is 12.6 Å². The molecule has 0 aromatic carbocycles. The third-order valence-electron chi connectivity index (χ3n) is 2.10. The lowest BCUT2D eigenvalue weighted by Gasteiger charge is -2.33. The molecule has 1 fully saturated rings. The van der Waals surface area contributed by atoms with E-state index in [0.717, 1.165) is 6.42 Å². The Morgan fingerprint density at radius 1 is 1.53 bits per heavy atom. The van der Waals surface area contributed by atoms with E-state index >= 15 is 0 Å². The quantitative estimate of drug-likeness (QED) is 0.371. The van der Waals surface area contributed by atoms with Crippen LogP contribution in [-0.2, 0) is 14.9 Å². The molecule has 1 saturated heterocycles. The molecule has 10 heteroatoms. The largest absolute Gasteiger partial charge is 0.341 e. The molecule has 0 saturated carbocycles. The topological polar surface area (TPSA) is 139 Å². The Hall–Kier alpha value is -0.0200. The molecular weight excluding hydrogens is 243 g/mol. The van der Waals surface area contributed by atoms with Crippen LogP contribution < -0.4 is 15.7 Å². The van der Waals surface area contributed by atoms with Gasteiger partial charge in [0.05, 0.1) is 0 Å². The van der Waals surface area contributed by atoms with Gasteiger partial charge in [0.1, 0.15) is 0 Å². The molecule has 15 heavy (non-hydrogen) atoms. The molecule has 1 aliphatic heterocycles. The van der Waals surface area contributed by atoms with E-state index in [9.17, 15) is 13.0 Å². The molecule has 0 aromatic rings. The molecule has 90 valence electrons. The molecule has 0 spiro atoms. The molecular formula is C5H15N4O4PS. The maximum Gasteiger partial charge on any atom is 0.341 e. The molecule has 0 amide bonds. The second-order valence-corrected chi connectivity index (χ2v) is 7.00. The Morgan fingerprint density at radius 3 is 2.60 bits per heavy atom. The molecule has 1 aliphatic rings. The van der Waals surface area contributed by atoms with Gasteiger partial charge in [-0.2, -0.15) is 8.42 Å². The summed E-state index contributed by atoms with van der Waals surface area (Å²) in [5, 5.41) is 0. The summed E-state index contributed by atoms with van der Waals surface area (Å²) >= 11 is 0. The van der Waals surface area contributed by atoms with Crippen LogP contribution in [0.2, 0.25) is 0 Å². The second-order valence-electron chi connectivity index (χ2n) is 3.50. The SMILES string of the molecule is N[C@H]1CCCN(P(N)(=O)NS(=O)(=O)O)C1. The van der Waals surface area contributed by atoms with Crippen molar-refractivity contribution in [2.45, 2.75) is 18.9 Å². The molecule has 0 radical (unpaired) electrons. The van der Waals surface area contributed by atoms with Gasteiger partial charge in [-0.3, -0.25) is 14.6 Å². The van der Waals surface area contributed by atoms with Crippen molar-refractivity contribution in [3.63, 3.8) is 0 Å². The van der Waals surface area contributed by atoms with Gasteiger partial charge < -0.3 is 5.73 Å². The highest BCUT2D eigenvalue weighted by Gasteiger charge is 2.33. The molecule has 2 atom stereocenters. The Balaban J connectivity index is 2.72. The predicted molar refractivity (Wildman–Crippen MR) is 55.3 cm³/mol. The highest BCUT2D eigenvalue weighted by Crippen LogP contribution is 2.38. The van der Waals surface area contributed by atoms with Crippen LogP contribution in [0.4, 0.5) is 0 Å². The summed E-state index contributed by atoms with van der Waals surface area (Å²) in [7, 11) is -8.33. The van der Waals surface area contributed by atoms with Gasteiger partial charge in [-0.1, -0.05) is 0 Å². The van der Waals surface area contributed by atoms with Crippen LogP contribution in [0.5, 0.6) is 0 Å². The third kappa shape index (κ3) is 4.15. The van der Waals surface area contributed by atoms with E-state index in [1.54, 1.807) is 0 Å². The number of nitrogens with zero attached hydrogens (tertiary/aromatic N) is 1. The van der Waals surface area contributed by atoms with Crippen LogP contribution in [0.3, 0.4) is 0 Å². The first-order valence-electron chi connectivity index (χ1n) is 4.37. The lowest BCUT2D eigenvalue weighted by atomic mass is 10.1. The van der Waals surface area contributed by atoms with Crippen molar-refractivity contribution >= 4 is 17.9 Å². The average Bonchev–Trinajstić information content (AvgIpc) is 1.99. The Kier molecular flexibility index (Phi) is 3.88. The molecule has 1 rings (SSSR count). The second kappa shape index (κ2) is 4.46. The van der Waals surface area contributed by atoms with Crippen molar-refractivity contribution in [1.82, 2.24) is 9.16 Å². The van der Waals surface area contributed by atoms with Crippen LogP contribution in [0.15, 0.2) is 0 Å². The van der Waals surface area contributed by atoms with Crippen LogP contribution in [0.25, 0.3) is 0 Å². The molecule has 0 aliphatic carbocycles. The fourth-order valence-electron chi connectivity index (χ4n) is 1.48. The monoisotopic (exact) mass is 258 g/mol. The predicted octanol–water partition coefficient (Wildman–Crippen LogP) is -1.13. The van der Waals surface area contributed by atoms with Crippen molar-refractivity contribution in [3.8, 4) is 0 Å². The molecule has 1 unspecified atom stereocenters. The van der Waals surface area contributed by atoms with Gasteiger partial charge in [-0.15, -0.1) is 4.49 Å². The van der Waals surface area contributed by atoms with Crippen molar-refractivity contribution in [3.05, 3.63) is 0 Å². The summed E-state index contributed by atoms with van der Waals surface area (Å²) in [5.74, 6) is 0. The maximum absolute atomic E-state index is 11.7. The maximum atomic E-state index is 11.7. The van der Waals surface area contributed by atoms with Crippen molar-refractivity contribution in [2.24, 2.45) is 11.2 Å². The fourth-order valence-corrected chi connectivity index (χ4v) is 4.16. The van der Waals surface area contributed by atoms with Crippen LogP contribution in [0, 0.1) is 0 Å². The zero-order chi connectivity index (χ0) is 11.7. The number of nitrogens with one attached hydrogen (secondary N) is 1. The number of nitrogens with two attached hydrogens (primary N) is 2. The normalized spacial score (nSPS) is 28.6. The number of piperidine rings is 1. The van der Waals surface area contributed by atoms with E-state index in [1.165, 1.54) is 9.16 Å². The Morgan fingerprint density at radius 2 is 2.13 bits per heavy atom. The van der Waals surface area contributed by atoms with Crippen molar-refractivity contribution in [1.29, 1.82) is 0 Å². The minimum absolute atomic E-state index is 0.182. The summed E-state index contributed by atoms with van der Waals surface area (Å²) in [6, 6.07) is -0.182. The third-order valence-corrected chi connectivity index (χ3v) is 5.28. The highest BCUT2D eigenvalue weighted by molar-refractivity contribution is 7.90. The van der Waals surface area contributed by atoms with Gasteiger partial charge in [0, 0.05) is 19.1 Å². The van der Waals surface area contributed by atoms with Gasteiger partial charge in [0.25, 0.3) is 7.59 Å². The highest BCUT2D eigenvalue weighted by atomic mass is 32.2. The van der Waals surface area contributed by atoms with E-state index < -0.39 is 17.9 Å². The minimum Gasteiger partial charge on any atom is -0.327 e. The first-order valence-corrected chi connectivity index (χ1v) is 7.54. The van der Waals surface area contributed by atoms with E-state index in [0.29, 0.717) is 13.0 Å². The summed E-state index contributed by atoms with van der Waals surface area (Å²) < 4.78 is 44.0. The number of rotatable bonds is 3.